The van der Waals surface area contributed by atoms with Crippen LogP contribution in [0.2, 0.25) is 0 Å². The van der Waals surface area contributed by atoms with Crippen LogP contribution in [0.25, 0.3) is 0 Å². The topological polar surface area (TPSA) is 81.1 Å². The summed E-state index contributed by atoms with van der Waals surface area (Å²) >= 11 is 0. The Morgan fingerprint density at radius 3 is 2.65 bits per heavy atom. The van der Waals surface area contributed by atoms with E-state index < -0.39 is 18.1 Å². The van der Waals surface area contributed by atoms with Crippen LogP contribution in [-0.2, 0) is 16.0 Å². The standard InChI is InChI=1S/C17H20N2O4/c1-9-10(2)19(11(3)17(22)23)16(21)15-14-5-4-13(20)8-12(14)6-7-18(9)15/h4-5,8,11,15,20H,6-7H2,1-3H3,(H,22,23). The van der Waals surface area contributed by atoms with Crippen LogP contribution in [-0.4, -0.2) is 44.5 Å². The first-order valence-electron chi connectivity index (χ1n) is 7.64. The second-order valence-electron chi connectivity index (χ2n) is 6.12. The largest absolute Gasteiger partial charge is 0.508 e. The lowest BCUT2D eigenvalue weighted by molar-refractivity contribution is -0.151. The van der Waals surface area contributed by atoms with Gasteiger partial charge < -0.3 is 15.1 Å². The summed E-state index contributed by atoms with van der Waals surface area (Å²) < 4.78 is 0. The Bertz CT molecular complexity index is 725. The quantitative estimate of drug-likeness (QED) is 0.870. The zero-order chi connectivity index (χ0) is 16.9. The first-order valence-corrected chi connectivity index (χ1v) is 7.64. The van der Waals surface area contributed by atoms with E-state index in [1.165, 1.54) is 11.8 Å². The molecule has 6 heteroatoms. The number of rotatable bonds is 2. The number of hydrogen-bond donors (Lipinski definition) is 2. The van der Waals surface area contributed by atoms with Gasteiger partial charge in [0, 0.05) is 17.9 Å². The van der Waals surface area contributed by atoms with Crippen LogP contribution in [0.4, 0.5) is 0 Å². The summed E-state index contributed by atoms with van der Waals surface area (Å²) in [5.41, 5.74) is 3.38. The van der Waals surface area contributed by atoms with E-state index in [0.29, 0.717) is 12.2 Å². The number of aliphatic carboxylic acids is 1. The molecular weight excluding hydrogens is 296 g/mol. The zero-order valence-electron chi connectivity index (χ0n) is 13.4. The third kappa shape index (κ3) is 2.25. The highest BCUT2D eigenvalue weighted by atomic mass is 16.4. The number of phenols is 1. The van der Waals surface area contributed by atoms with Crippen molar-refractivity contribution >= 4 is 11.9 Å². The fourth-order valence-corrected chi connectivity index (χ4v) is 3.51. The van der Waals surface area contributed by atoms with Crippen molar-refractivity contribution in [2.75, 3.05) is 6.54 Å². The van der Waals surface area contributed by atoms with Crippen LogP contribution in [0, 0.1) is 0 Å². The first kappa shape index (κ1) is 15.4. The Labute approximate surface area is 134 Å². The lowest BCUT2D eigenvalue weighted by Gasteiger charge is -2.47. The Hall–Kier alpha value is -2.50. The summed E-state index contributed by atoms with van der Waals surface area (Å²) in [6, 6.07) is 3.58. The Balaban J connectivity index is 2.12. The third-order valence-electron chi connectivity index (χ3n) is 4.89. The number of carboxylic acids is 1. The summed E-state index contributed by atoms with van der Waals surface area (Å²) in [4.78, 5) is 27.8. The van der Waals surface area contributed by atoms with Crippen molar-refractivity contribution < 1.29 is 19.8 Å². The second-order valence-corrected chi connectivity index (χ2v) is 6.12. The smallest absolute Gasteiger partial charge is 0.326 e. The van der Waals surface area contributed by atoms with Crippen molar-refractivity contribution in [1.29, 1.82) is 0 Å². The molecule has 2 aliphatic rings. The van der Waals surface area contributed by atoms with Gasteiger partial charge in [-0.2, -0.15) is 0 Å². The normalized spacial score (nSPS) is 21.9. The lowest BCUT2D eigenvalue weighted by Crippen LogP contribution is -2.54. The van der Waals surface area contributed by atoms with Gasteiger partial charge in [-0.15, -0.1) is 0 Å². The number of hydrogen-bond acceptors (Lipinski definition) is 4. The van der Waals surface area contributed by atoms with Gasteiger partial charge in [-0.1, -0.05) is 6.07 Å². The predicted molar refractivity (Wildman–Crippen MR) is 83.6 cm³/mol. The van der Waals surface area contributed by atoms with Crippen LogP contribution in [0.1, 0.15) is 37.9 Å². The number of carboxylic acid groups (broad SMARTS) is 1. The van der Waals surface area contributed by atoms with E-state index in [1.54, 1.807) is 25.1 Å². The molecule has 1 amide bonds. The highest BCUT2D eigenvalue weighted by Gasteiger charge is 2.43. The molecule has 0 spiro atoms. The van der Waals surface area contributed by atoms with Crippen LogP contribution in [0.15, 0.2) is 29.6 Å². The molecule has 0 fully saturated rings. The molecule has 6 nitrogen and oxygen atoms in total. The van der Waals surface area contributed by atoms with Crippen molar-refractivity contribution in [3.05, 3.63) is 40.7 Å². The fraction of sp³-hybridized carbons (Fsp3) is 0.412. The minimum Gasteiger partial charge on any atom is -0.508 e. The molecule has 0 aliphatic carbocycles. The van der Waals surface area contributed by atoms with Gasteiger partial charge in [-0.25, -0.2) is 4.79 Å². The Kier molecular flexibility index (Phi) is 3.55. The molecule has 1 aromatic rings. The Morgan fingerprint density at radius 1 is 1.30 bits per heavy atom. The number of benzene rings is 1. The van der Waals surface area contributed by atoms with E-state index in [4.69, 9.17) is 0 Å². The van der Waals surface area contributed by atoms with Gasteiger partial charge in [0.2, 0.25) is 0 Å². The minimum absolute atomic E-state index is 0.180. The minimum atomic E-state index is -1.03. The van der Waals surface area contributed by atoms with Gasteiger partial charge in [-0.3, -0.25) is 9.69 Å². The molecule has 2 aliphatic heterocycles. The fourth-order valence-electron chi connectivity index (χ4n) is 3.51. The molecule has 0 saturated heterocycles. The zero-order valence-corrected chi connectivity index (χ0v) is 13.4. The second kappa shape index (κ2) is 5.30. The average Bonchev–Trinajstić information content (AvgIpc) is 2.51. The van der Waals surface area contributed by atoms with E-state index in [1.807, 2.05) is 11.8 Å². The maximum atomic E-state index is 13.0. The van der Waals surface area contributed by atoms with Crippen molar-refractivity contribution in [2.45, 2.75) is 39.3 Å². The molecular formula is C17H20N2O4. The SMILES string of the molecule is CC1=C(C)N(C(C)C(=O)O)C(=O)C2c3ccc(O)cc3CCN12. The summed E-state index contributed by atoms with van der Waals surface area (Å²) in [6.07, 6.45) is 0.743. The maximum Gasteiger partial charge on any atom is 0.326 e. The van der Waals surface area contributed by atoms with Crippen LogP contribution in [0.3, 0.4) is 0 Å². The van der Waals surface area contributed by atoms with Crippen LogP contribution in [0.5, 0.6) is 5.75 Å². The molecule has 2 heterocycles. The molecule has 1 aromatic carbocycles. The molecule has 2 N–H and O–H groups in total. The maximum absolute atomic E-state index is 13.0. The van der Waals surface area contributed by atoms with Gasteiger partial charge in [0.1, 0.15) is 17.8 Å². The molecule has 0 saturated carbocycles. The van der Waals surface area contributed by atoms with Crippen molar-refractivity contribution in [3.63, 3.8) is 0 Å². The Morgan fingerprint density at radius 2 is 2.00 bits per heavy atom. The molecule has 2 unspecified atom stereocenters. The van der Waals surface area contributed by atoms with Crippen molar-refractivity contribution in [3.8, 4) is 5.75 Å². The molecule has 23 heavy (non-hydrogen) atoms. The highest BCUT2D eigenvalue weighted by Crippen LogP contribution is 2.40. The molecule has 0 radical (unpaired) electrons. The summed E-state index contributed by atoms with van der Waals surface area (Å²) in [6.45, 7) is 5.90. The number of carbonyl (C=O) groups is 2. The average molecular weight is 316 g/mol. The van der Waals surface area contributed by atoms with E-state index in [-0.39, 0.29) is 11.7 Å². The molecule has 2 atom stereocenters. The molecule has 122 valence electrons. The van der Waals surface area contributed by atoms with E-state index in [9.17, 15) is 19.8 Å². The van der Waals surface area contributed by atoms with Gasteiger partial charge in [0.15, 0.2) is 0 Å². The molecule has 0 aromatic heterocycles. The number of phenolic OH excluding ortho intramolecular Hbond substituents is 1. The van der Waals surface area contributed by atoms with Crippen molar-refractivity contribution in [2.24, 2.45) is 0 Å². The van der Waals surface area contributed by atoms with Gasteiger partial charge in [-0.05, 0) is 50.5 Å². The van der Waals surface area contributed by atoms with E-state index >= 15 is 0 Å². The monoisotopic (exact) mass is 316 g/mol. The predicted octanol–water partition coefficient (Wildman–Crippen LogP) is 1.86. The number of aromatic hydroxyl groups is 1. The third-order valence-corrected chi connectivity index (χ3v) is 4.89. The van der Waals surface area contributed by atoms with Gasteiger partial charge >= 0.3 is 5.97 Å². The summed E-state index contributed by atoms with van der Waals surface area (Å²) in [5, 5.41) is 19.0. The molecule has 0 bridgehead atoms. The highest BCUT2D eigenvalue weighted by molar-refractivity contribution is 5.91. The number of fused-ring (bicyclic) bond motifs is 3. The number of nitrogens with zero attached hydrogens (tertiary/aromatic N) is 2. The van der Waals surface area contributed by atoms with Crippen LogP contribution < -0.4 is 0 Å². The van der Waals surface area contributed by atoms with Crippen LogP contribution >= 0.6 is 0 Å². The number of allylic oxidation sites excluding steroid dienone is 2. The lowest BCUT2D eigenvalue weighted by atomic mass is 9.89. The van der Waals surface area contributed by atoms with Crippen molar-refractivity contribution in [1.82, 2.24) is 9.80 Å². The van der Waals surface area contributed by atoms with E-state index in [0.717, 1.165) is 23.2 Å². The van der Waals surface area contributed by atoms with E-state index in [2.05, 4.69) is 0 Å². The summed E-state index contributed by atoms with van der Waals surface area (Å²) in [5.74, 6) is -1.07. The first-order chi connectivity index (χ1) is 10.8. The summed E-state index contributed by atoms with van der Waals surface area (Å²) in [7, 11) is 0. The van der Waals surface area contributed by atoms with Gasteiger partial charge in [0.25, 0.3) is 5.91 Å². The number of amides is 1. The van der Waals surface area contributed by atoms with Gasteiger partial charge in [0.05, 0.1) is 0 Å². The number of carbonyl (C=O) groups excluding carboxylic acids is 1. The molecule has 3 rings (SSSR count).